The van der Waals surface area contributed by atoms with E-state index in [9.17, 15) is 0 Å². The molecule has 31 heavy (non-hydrogen) atoms. The van der Waals surface area contributed by atoms with E-state index in [4.69, 9.17) is 35.4 Å². The summed E-state index contributed by atoms with van der Waals surface area (Å²) in [5.74, 6) is 0.776. The number of halogens is 2. The summed E-state index contributed by atoms with van der Waals surface area (Å²) < 4.78 is 2.05. The molecule has 2 atom stereocenters. The summed E-state index contributed by atoms with van der Waals surface area (Å²) in [4.78, 5) is 11.2. The molecular weight excluding hydrogens is 449 g/mol. The number of pyridine rings is 2. The van der Waals surface area contributed by atoms with Gasteiger partial charge in [0.05, 0.1) is 16.8 Å². The highest BCUT2D eigenvalue weighted by molar-refractivity contribution is 7.80. The fraction of sp³-hybridized carbons (Fsp3) is 0.0870. The quantitative estimate of drug-likeness (QED) is 0.388. The molecule has 0 saturated carbocycles. The Kier molecular flexibility index (Phi) is 5.36. The van der Waals surface area contributed by atoms with Crippen molar-refractivity contribution in [3.63, 3.8) is 0 Å². The highest BCUT2D eigenvalue weighted by Gasteiger charge is 2.42. The van der Waals surface area contributed by atoms with E-state index in [1.165, 1.54) is 0 Å². The van der Waals surface area contributed by atoms with Crippen LogP contribution in [0.4, 0.5) is 5.69 Å². The second-order valence-electron chi connectivity index (χ2n) is 7.11. The number of nitrogens with zero attached hydrogens (tertiary/aromatic N) is 4. The lowest BCUT2D eigenvalue weighted by molar-refractivity contribution is 0.548. The van der Waals surface area contributed by atoms with Gasteiger partial charge in [0.1, 0.15) is 11.9 Å². The minimum atomic E-state index is -0.156. The minimum Gasteiger partial charge on any atom is -0.351 e. The van der Waals surface area contributed by atoms with Crippen molar-refractivity contribution >= 4 is 46.2 Å². The van der Waals surface area contributed by atoms with Gasteiger partial charge in [-0.15, -0.1) is 0 Å². The Morgan fingerprint density at radius 1 is 0.871 bits per heavy atom. The van der Waals surface area contributed by atoms with Gasteiger partial charge in [-0.1, -0.05) is 29.3 Å². The maximum Gasteiger partial charge on any atom is 0.174 e. The molecule has 154 valence electrons. The fourth-order valence-electron chi connectivity index (χ4n) is 3.89. The number of hydrogen-bond acceptors (Lipinski definition) is 3. The van der Waals surface area contributed by atoms with Crippen LogP contribution in [0.3, 0.4) is 0 Å². The number of thiocarbonyl (C=S) groups is 1. The molecule has 1 aliphatic rings. The number of rotatable bonds is 4. The Bertz CT molecular complexity index is 1210. The number of anilines is 1. The lowest BCUT2D eigenvalue weighted by Gasteiger charge is -2.28. The van der Waals surface area contributed by atoms with E-state index in [0.717, 1.165) is 22.9 Å². The lowest BCUT2D eigenvalue weighted by Crippen LogP contribution is -2.30. The van der Waals surface area contributed by atoms with E-state index in [1.54, 1.807) is 12.4 Å². The molecule has 4 aromatic rings. The summed E-state index contributed by atoms with van der Waals surface area (Å²) in [6.45, 7) is 0. The molecular formula is C23H17Cl2N5S. The van der Waals surface area contributed by atoms with Crippen LogP contribution in [0.2, 0.25) is 10.0 Å². The molecule has 0 unspecified atom stereocenters. The summed E-state index contributed by atoms with van der Waals surface area (Å²) in [6, 6.07) is 21.1. The van der Waals surface area contributed by atoms with Gasteiger partial charge in [0.15, 0.2) is 5.11 Å². The van der Waals surface area contributed by atoms with Gasteiger partial charge in [0.25, 0.3) is 0 Å². The average molecular weight is 466 g/mol. The minimum absolute atomic E-state index is 0.148. The number of hydrogen-bond donors (Lipinski definition) is 1. The van der Waals surface area contributed by atoms with Crippen molar-refractivity contribution in [3.05, 3.63) is 107 Å². The summed E-state index contributed by atoms with van der Waals surface area (Å²) in [5.41, 5.74) is 2.87. The predicted octanol–water partition coefficient (Wildman–Crippen LogP) is 5.75. The maximum atomic E-state index is 6.13. The first-order valence-electron chi connectivity index (χ1n) is 9.67. The lowest BCUT2D eigenvalue weighted by atomic mass is 10.0. The Morgan fingerprint density at radius 3 is 2.39 bits per heavy atom. The van der Waals surface area contributed by atoms with Crippen molar-refractivity contribution in [2.75, 3.05) is 4.90 Å². The summed E-state index contributed by atoms with van der Waals surface area (Å²) in [7, 11) is 0. The molecule has 0 spiro atoms. The van der Waals surface area contributed by atoms with Gasteiger partial charge >= 0.3 is 0 Å². The molecule has 1 aliphatic heterocycles. The van der Waals surface area contributed by atoms with E-state index >= 15 is 0 Å². The van der Waals surface area contributed by atoms with Crippen molar-refractivity contribution in [3.8, 4) is 5.82 Å². The molecule has 4 heterocycles. The van der Waals surface area contributed by atoms with Crippen LogP contribution in [-0.2, 0) is 0 Å². The van der Waals surface area contributed by atoms with Crippen molar-refractivity contribution < 1.29 is 0 Å². The van der Waals surface area contributed by atoms with Crippen LogP contribution < -0.4 is 10.2 Å². The fourth-order valence-corrected chi connectivity index (χ4v) is 4.47. The molecule has 1 fully saturated rings. The smallest absolute Gasteiger partial charge is 0.174 e. The predicted molar refractivity (Wildman–Crippen MR) is 128 cm³/mol. The summed E-state index contributed by atoms with van der Waals surface area (Å²) in [6.07, 6.45) is 5.43. The van der Waals surface area contributed by atoms with Crippen molar-refractivity contribution in [1.29, 1.82) is 0 Å². The Labute approximate surface area is 195 Å². The molecule has 0 radical (unpaired) electrons. The first-order valence-corrected chi connectivity index (χ1v) is 10.8. The van der Waals surface area contributed by atoms with Gasteiger partial charge in [-0.05, 0) is 72.9 Å². The van der Waals surface area contributed by atoms with Crippen LogP contribution in [0, 0.1) is 0 Å². The van der Waals surface area contributed by atoms with Gasteiger partial charge < -0.3 is 14.8 Å². The number of nitrogens with one attached hydrogen (secondary N) is 1. The number of aromatic nitrogens is 3. The van der Waals surface area contributed by atoms with E-state index in [-0.39, 0.29) is 12.1 Å². The van der Waals surface area contributed by atoms with Crippen molar-refractivity contribution in [2.45, 2.75) is 12.1 Å². The van der Waals surface area contributed by atoms with Crippen LogP contribution in [0.15, 0.2) is 85.3 Å². The normalized spacial score (nSPS) is 18.3. The van der Waals surface area contributed by atoms with E-state index in [1.807, 2.05) is 66.9 Å². The zero-order valence-corrected chi connectivity index (χ0v) is 18.5. The van der Waals surface area contributed by atoms with Gasteiger partial charge in [-0.2, -0.15) is 0 Å². The monoisotopic (exact) mass is 465 g/mol. The maximum absolute atomic E-state index is 6.13. The standard InChI is InChI=1S/C23H17Cl2N5S/c24-15-6-9-17(10-7-15)30-22(21(28-23(30)31)18-4-1-2-12-26-18)19-5-3-13-29(19)20-11-8-16(25)14-27-20/h1-14,21-22H,(H,28,31)/t21-,22-/m0/s1. The Morgan fingerprint density at radius 2 is 1.68 bits per heavy atom. The third-order valence-corrected chi connectivity index (χ3v) is 6.03. The van der Waals surface area contributed by atoms with Crippen LogP contribution >= 0.6 is 35.4 Å². The second kappa shape index (κ2) is 8.30. The molecule has 5 nitrogen and oxygen atoms in total. The highest BCUT2D eigenvalue weighted by atomic mass is 35.5. The summed E-state index contributed by atoms with van der Waals surface area (Å²) >= 11 is 18.0. The molecule has 0 bridgehead atoms. The van der Waals surface area contributed by atoms with Gasteiger partial charge in [0, 0.05) is 35.0 Å². The molecule has 1 aromatic carbocycles. The molecule has 3 aromatic heterocycles. The highest BCUT2D eigenvalue weighted by Crippen LogP contribution is 2.42. The topological polar surface area (TPSA) is 46.0 Å². The zero-order valence-electron chi connectivity index (χ0n) is 16.2. The van der Waals surface area contributed by atoms with Gasteiger partial charge in [-0.3, -0.25) is 4.98 Å². The van der Waals surface area contributed by atoms with Gasteiger partial charge in [-0.25, -0.2) is 4.98 Å². The first kappa shape index (κ1) is 20.0. The molecule has 0 amide bonds. The third kappa shape index (κ3) is 3.78. The van der Waals surface area contributed by atoms with Crippen LogP contribution in [0.25, 0.3) is 5.82 Å². The molecule has 8 heteroatoms. The Hall–Kier alpha value is -2.93. The SMILES string of the molecule is S=C1N[C@@H](c2ccccn2)[C@H](c2cccn2-c2ccc(Cl)cn2)N1c1ccc(Cl)cc1. The van der Waals surface area contributed by atoms with E-state index < -0.39 is 0 Å². The zero-order chi connectivity index (χ0) is 21.4. The Balaban J connectivity index is 1.66. The average Bonchev–Trinajstić information content (AvgIpc) is 3.40. The molecule has 5 rings (SSSR count). The van der Waals surface area contributed by atoms with Gasteiger partial charge in [0.2, 0.25) is 0 Å². The van der Waals surface area contributed by atoms with Crippen LogP contribution in [0.5, 0.6) is 0 Å². The first-order chi connectivity index (χ1) is 15.1. The molecule has 0 aliphatic carbocycles. The molecule has 1 saturated heterocycles. The van der Waals surface area contributed by atoms with Crippen LogP contribution in [0.1, 0.15) is 23.5 Å². The largest absolute Gasteiger partial charge is 0.351 e. The molecule has 1 N–H and O–H groups in total. The second-order valence-corrected chi connectivity index (χ2v) is 8.37. The van der Waals surface area contributed by atoms with Crippen molar-refractivity contribution in [2.24, 2.45) is 0 Å². The van der Waals surface area contributed by atoms with Crippen molar-refractivity contribution in [1.82, 2.24) is 19.9 Å². The van der Waals surface area contributed by atoms with Crippen LogP contribution in [-0.4, -0.2) is 19.6 Å². The van der Waals surface area contributed by atoms with E-state index in [0.29, 0.717) is 15.2 Å². The summed E-state index contributed by atoms with van der Waals surface area (Å²) in [5, 5.41) is 5.36. The number of benzene rings is 1. The van der Waals surface area contributed by atoms with E-state index in [2.05, 4.69) is 30.8 Å². The third-order valence-electron chi connectivity index (χ3n) is 5.24.